The van der Waals surface area contributed by atoms with Gasteiger partial charge < -0.3 is 0 Å². The van der Waals surface area contributed by atoms with E-state index >= 15 is 0 Å². The molecule has 0 amide bonds. The minimum absolute atomic E-state index is 0.527. The zero-order valence-electron chi connectivity index (χ0n) is 9.59. The van der Waals surface area contributed by atoms with Crippen LogP contribution in [0.1, 0.15) is 37.6 Å². The zero-order chi connectivity index (χ0) is 10.9. The van der Waals surface area contributed by atoms with Crippen molar-refractivity contribution in [3.05, 3.63) is 17.5 Å². The number of nitrogens with zero attached hydrogens (tertiary/aromatic N) is 2. The van der Waals surface area contributed by atoms with E-state index in [9.17, 15) is 0 Å². The maximum atomic E-state index is 4.51. The number of hydrogen-bond acceptors (Lipinski definition) is 1. The van der Waals surface area contributed by atoms with E-state index in [2.05, 4.69) is 45.7 Å². The standard InChI is InChI=1S/C12H19BrN2/c1-3-10-7-11(15(2)14-10)8-12(9-13)5-4-6-12/h7H,3-6,8-9H2,1-2H3. The monoisotopic (exact) mass is 270 g/mol. The van der Waals surface area contributed by atoms with Gasteiger partial charge in [0.15, 0.2) is 0 Å². The van der Waals surface area contributed by atoms with Crippen LogP contribution in [0.2, 0.25) is 0 Å². The first-order valence-corrected chi connectivity index (χ1v) is 6.89. The van der Waals surface area contributed by atoms with Crippen LogP contribution < -0.4 is 0 Å². The normalized spacial score (nSPS) is 18.9. The predicted molar refractivity (Wildman–Crippen MR) is 66.4 cm³/mol. The number of aryl methyl sites for hydroxylation is 2. The Hall–Kier alpha value is -0.310. The summed E-state index contributed by atoms with van der Waals surface area (Å²) in [5.41, 5.74) is 3.14. The van der Waals surface area contributed by atoms with E-state index in [0.717, 1.165) is 11.8 Å². The molecule has 1 aliphatic carbocycles. The van der Waals surface area contributed by atoms with Crippen molar-refractivity contribution in [2.24, 2.45) is 12.5 Å². The first-order chi connectivity index (χ1) is 7.19. The maximum absolute atomic E-state index is 4.51. The maximum Gasteiger partial charge on any atom is 0.0624 e. The molecule has 1 heterocycles. The quantitative estimate of drug-likeness (QED) is 0.769. The van der Waals surface area contributed by atoms with Crippen LogP contribution in [0.15, 0.2) is 6.07 Å². The van der Waals surface area contributed by atoms with Gasteiger partial charge in [0.1, 0.15) is 0 Å². The Morgan fingerprint density at radius 3 is 2.67 bits per heavy atom. The molecule has 0 saturated heterocycles. The van der Waals surface area contributed by atoms with E-state index in [-0.39, 0.29) is 0 Å². The highest BCUT2D eigenvalue weighted by atomic mass is 79.9. The van der Waals surface area contributed by atoms with Crippen LogP contribution >= 0.6 is 15.9 Å². The van der Waals surface area contributed by atoms with Gasteiger partial charge in [-0.05, 0) is 37.2 Å². The van der Waals surface area contributed by atoms with Gasteiger partial charge in [-0.15, -0.1) is 0 Å². The molecule has 0 N–H and O–H groups in total. The fourth-order valence-corrected chi connectivity index (χ4v) is 3.09. The van der Waals surface area contributed by atoms with Crippen LogP contribution in [-0.4, -0.2) is 15.1 Å². The molecular formula is C12H19BrN2. The van der Waals surface area contributed by atoms with Gasteiger partial charge in [-0.3, -0.25) is 4.68 Å². The van der Waals surface area contributed by atoms with Gasteiger partial charge in [-0.1, -0.05) is 29.3 Å². The Morgan fingerprint density at radius 2 is 2.27 bits per heavy atom. The Labute approximate surface area is 100 Å². The molecular weight excluding hydrogens is 252 g/mol. The molecule has 0 aliphatic heterocycles. The molecule has 1 fully saturated rings. The fourth-order valence-electron chi connectivity index (χ4n) is 2.33. The van der Waals surface area contributed by atoms with Crippen molar-refractivity contribution >= 4 is 15.9 Å². The largest absolute Gasteiger partial charge is 0.272 e. The highest BCUT2D eigenvalue weighted by Crippen LogP contribution is 2.44. The number of rotatable bonds is 4. The van der Waals surface area contributed by atoms with Gasteiger partial charge in [0.25, 0.3) is 0 Å². The minimum Gasteiger partial charge on any atom is -0.272 e. The Kier molecular flexibility index (Phi) is 3.19. The van der Waals surface area contributed by atoms with Gasteiger partial charge in [0.05, 0.1) is 5.69 Å². The van der Waals surface area contributed by atoms with Crippen molar-refractivity contribution in [2.45, 2.75) is 39.0 Å². The molecule has 0 atom stereocenters. The molecule has 0 unspecified atom stereocenters. The highest BCUT2D eigenvalue weighted by Gasteiger charge is 2.36. The molecule has 1 aromatic rings. The SMILES string of the molecule is CCc1cc(CC2(CBr)CCC2)n(C)n1. The second kappa shape index (κ2) is 4.28. The summed E-state index contributed by atoms with van der Waals surface area (Å²) in [4.78, 5) is 0. The molecule has 84 valence electrons. The Morgan fingerprint density at radius 1 is 1.53 bits per heavy atom. The number of aromatic nitrogens is 2. The van der Waals surface area contributed by atoms with E-state index in [1.165, 1.54) is 37.1 Å². The van der Waals surface area contributed by atoms with Crippen LogP contribution in [0, 0.1) is 5.41 Å². The first kappa shape index (κ1) is 11.2. The minimum atomic E-state index is 0.527. The van der Waals surface area contributed by atoms with E-state index in [1.807, 2.05) is 0 Å². The molecule has 0 radical (unpaired) electrons. The molecule has 1 saturated carbocycles. The Bertz CT molecular complexity index is 334. The van der Waals surface area contributed by atoms with Gasteiger partial charge in [0.2, 0.25) is 0 Å². The molecule has 2 rings (SSSR count). The van der Waals surface area contributed by atoms with Crippen LogP contribution in [-0.2, 0) is 19.9 Å². The van der Waals surface area contributed by atoms with E-state index < -0.39 is 0 Å². The van der Waals surface area contributed by atoms with Crippen LogP contribution in [0.3, 0.4) is 0 Å². The van der Waals surface area contributed by atoms with Gasteiger partial charge in [0, 0.05) is 18.1 Å². The van der Waals surface area contributed by atoms with Crippen LogP contribution in [0.25, 0.3) is 0 Å². The van der Waals surface area contributed by atoms with Gasteiger partial charge in [-0.2, -0.15) is 5.10 Å². The van der Waals surface area contributed by atoms with Gasteiger partial charge in [-0.25, -0.2) is 0 Å². The Balaban J connectivity index is 2.12. The van der Waals surface area contributed by atoms with Crippen molar-refractivity contribution in [2.75, 3.05) is 5.33 Å². The summed E-state index contributed by atoms with van der Waals surface area (Å²) in [5.74, 6) is 0. The summed E-state index contributed by atoms with van der Waals surface area (Å²) in [7, 11) is 2.06. The van der Waals surface area contributed by atoms with E-state index in [0.29, 0.717) is 5.41 Å². The third-order valence-corrected chi connectivity index (χ3v) is 4.83. The number of hydrogen-bond donors (Lipinski definition) is 0. The lowest BCUT2D eigenvalue weighted by molar-refractivity contribution is 0.166. The molecule has 1 aliphatic rings. The average Bonchev–Trinajstić information content (AvgIpc) is 2.53. The van der Waals surface area contributed by atoms with E-state index in [1.54, 1.807) is 0 Å². The van der Waals surface area contributed by atoms with Crippen LogP contribution in [0.4, 0.5) is 0 Å². The molecule has 0 aromatic carbocycles. The smallest absolute Gasteiger partial charge is 0.0624 e. The summed E-state index contributed by atoms with van der Waals surface area (Å²) >= 11 is 3.66. The lowest BCUT2D eigenvalue weighted by Gasteiger charge is -2.40. The lowest BCUT2D eigenvalue weighted by Crippen LogP contribution is -2.34. The first-order valence-electron chi connectivity index (χ1n) is 5.77. The lowest BCUT2D eigenvalue weighted by atomic mass is 9.67. The van der Waals surface area contributed by atoms with Crippen LogP contribution in [0.5, 0.6) is 0 Å². The predicted octanol–water partition coefficient (Wildman–Crippen LogP) is 3.09. The molecule has 0 spiro atoms. The zero-order valence-corrected chi connectivity index (χ0v) is 11.2. The number of alkyl halides is 1. The second-order valence-electron chi connectivity index (χ2n) is 4.77. The summed E-state index contributed by atoms with van der Waals surface area (Å²) in [5, 5.41) is 5.64. The van der Waals surface area contributed by atoms with Crippen molar-refractivity contribution in [1.82, 2.24) is 9.78 Å². The number of halogens is 1. The highest BCUT2D eigenvalue weighted by molar-refractivity contribution is 9.09. The summed E-state index contributed by atoms with van der Waals surface area (Å²) in [6, 6.07) is 2.27. The molecule has 15 heavy (non-hydrogen) atoms. The van der Waals surface area contributed by atoms with Gasteiger partial charge >= 0.3 is 0 Å². The average molecular weight is 271 g/mol. The third kappa shape index (κ3) is 2.12. The fraction of sp³-hybridized carbons (Fsp3) is 0.750. The topological polar surface area (TPSA) is 17.8 Å². The summed E-state index contributed by atoms with van der Waals surface area (Å²) in [6.07, 6.45) is 6.34. The van der Waals surface area contributed by atoms with Crippen molar-refractivity contribution in [3.63, 3.8) is 0 Å². The summed E-state index contributed by atoms with van der Waals surface area (Å²) < 4.78 is 2.06. The molecule has 0 bridgehead atoms. The third-order valence-electron chi connectivity index (χ3n) is 3.64. The van der Waals surface area contributed by atoms with Crippen molar-refractivity contribution in [1.29, 1.82) is 0 Å². The summed E-state index contributed by atoms with van der Waals surface area (Å²) in [6.45, 7) is 2.16. The second-order valence-corrected chi connectivity index (χ2v) is 5.33. The molecule has 1 aromatic heterocycles. The molecule has 2 nitrogen and oxygen atoms in total. The molecule has 3 heteroatoms. The van der Waals surface area contributed by atoms with Crippen molar-refractivity contribution < 1.29 is 0 Å². The van der Waals surface area contributed by atoms with E-state index in [4.69, 9.17) is 0 Å². The van der Waals surface area contributed by atoms with Crippen molar-refractivity contribution in [3.8, 4) is 0 Å².